The van der Waals surface area contributed by atoms with E-state index in [2.05, 4.69) is 29.1 Å². The van der Waals surface area contributed by atoms with Crippen molar-refractivity contribution < 1.29 is 0 Å². The summed E-state index contributed by atoms with van der Waals surface area (Å²) in [5.41, 5.74) is 10.5. The molecule has 3 heteroatoms. The Kier molecular flexibility index (Phi) is 3.86. The number of aryl methyl sites for hydroxylation is 1. The van der Waals surface area contributed by atoms with Gasteiger partial charge in [-0.3, -0.25) is 0 Å². The van der Waals surface area contributed by atoms with Crippen molar-refractivity contribution in [1.29, 1.82) is 0 Å². The lowest BCUT2D eigenvalue weighted by atomic mass is 10.1. The maximum absolute atomic E-state index is 8.12. The Morgan fingerprint density at radius 2 is 1.85 bits per heavy atom. The van der Waals surface area contributed by atoms with Gasteiger partial charge in [0.25, 0.3) is 0 Å². The van der Waals surface area contributed by atoms with E-state index in [1.807, 2.05) is 12.1 Å². The molecule has 0 N–H and O–H groups in total. The van der Waals surface area contributed by atoms with Gasteiger partial charge < -0.3 is 0 Å². The van der Waals surface area contributed by atoms with E-state index >= 15 is 0 Å². The van der Waals surface area contributed by atoms with Gasteiger partial charge in [-0.05, 0) is 23.1 Å². The number of rotatable bonds is 4. The number of azide groups is 1. The second-order valence-corrected chi connectivity index (χ2v) is 2.96. The highest BCUT2D eigenvalue weighted by molar-refractivity contribution is 5.22. The lowest BCUT2D eigenvalue weighted by molar-refractivity contribution is 0.918. The zero-order chi connectivity index (χ0) is 9.52. The molecule has 0 aliphatic rings. The average molecular weight is 175 g/mol. The minimum absolute atomic E-state index is 0.447. The molecule has 0 atom stereocenters. The highest BCUT2D eigenvalue weighted by Crippen LogP contribution is 2.07. The van der Waals surface area contributed by atoms with Crippen molar-refractivity contribution >= 4 is 0 Å². The Morgan fingerprint density at radius 3 is 2.38 bits per heavy atom. The van der Waals surface area contributed by atoms with Gasteiger partial charge >= 0.3 is 0 Å². The Hall–Kier alpha value is -1.47. The third-order valence-corrected chi connectivity index (χ3v) is 1.88. The van der Waals surface area contributed by atoms with Crippen molar-refractivity contribution in [2.75, 3.05) is 0 Å². The molecule has 1 rings (SSSR count). The van der Waals surface area contributed by atoms with Gasteiger partial charge in [-0.15, -0.1) is 0 Å². The average Bonchev–Trinajstić information content (AvgIpc) is 2.17. The molecule has 0 amide bonds. The minimum atomic E-state index is 0.447. The molecule has 3 nitrogen and oxygen atoms in total. The van der Waals surface area contributed by atoms with E-state index in [9.17, 15) is 0 Å². The van der Waals surface area contributed by atoms with Crippen LogP contribution in [0.4, 0.5) is 0 Å². The highest BCUT2D eigenvalue weighted by Gasteiger charge is 1.92. The lowest BCUT2D eigenvalue weighted by Gasteiger charge is -1.99. The largest absolute Gasteiger partial charge is 0.0893 e. The molecule has 0 saturated carbocycles. The van der Waals surface area contributed by atoms with Crippen LogP contribution in [0.5, 0.6) is 0 Å². The molecule has 0 heterocycles. The van der Waals surface area contributed by atoms with Gasteiger partial charge in [-0.2, -0.15) is 0 Å². The molecule has 0 aliphatic carbocycles. The van der Waals surface area contributed by atoms with Gasteiger partial charge in [0.1, 0.15) is 0 Å². The standard InChI is InChI=1S/C10H13N3/c1-2-3-9-4-6-10(7-5-9)8-12-13-11/h4-7H,2-3,8H2,1H3. The molecule has 0 aromatic heterocycles. The predicted molar refractivity (Wildman–Crippen MR) is 53.3 cm³/mol. The van der Waals surface area contributed by atoms with E-state index in [1.165, 1.54) is 5.56 Å². The van der Waals surface area contributed by atoms with Crippen LogP contribution in [0.1, 0.15) is 24.5 Å². The van der Waals surface area contributed by atoms with Gasteiger partial charge in [0.2, 0.25) is 0 Å². The fourth-order valence-electron chi connectivity index (χ4n) is 1.21. The Morgan fingerprint density at radius 1 is 1.23 bits per heavy atom. The third kappa shape index (κ3) is 3.18. The molecule has 1 aromatic carbocycles. The SMILES string of the molecule is CCCc1ccc(CN=[N+]=[N-])cc1. The molecule has 0 unspecified atom stereocenters. The maximum atomic E-state index is 8.12. The summed E-state index contributed by atoms with van der Waals surface area (Å²) in [6, 6.07) is 8.21. The van der Waals surface area contributed by atoms with Crippen molar-refractivity contribution in [2.24, 2.45) is 5.11 Å². The topological polar surface area (TPSA) is 48.8 Å². The minimum Gasteiger partial charge on any atom is -0.0893 e. The third-order valence-electron chi connectivity index (χ3n) is 1.88. The number of nitrogens with zero attached hydrogens (tertiary/aromatic N) is 3. The molecule has 0 aliphatic heterocycles. The van der Waals surface area contributed by atoms with Crippen molar-refractivity contribution in [3.05, 3.63) is 45.8 Å². The molecule has 0 bridgehead atoms. The van der Waals surface area contributed by atoms with Crippen molar-refractivity contribution in [2.45, 2.75) is 26.3 Å². The quantitative estimate of drug-likeness (QED) is 0.382. The summed E-state index contributed by atoms with van der Waals surface area (Å²) in [7, 11) is 0. The first-order valence-corrected chi connectivity index (χ1v) is 4.45. The van der Waals surface area contributed by atoms with Crippen LogP contribution in [-0.4, -0.2) is 0 Å². The first-order valence-electron chi connectivity index (χ1n) is 4.45. The molecule has 0 saturated heterocycles. The maximum Gasteiger partial charge on any atom is 0.0510 e. The summed E-state index contributed by atoms with van der Waals surface area (Å²) in [5, 5.41) is 3.50. The van der Waals surface area contributed by atoms with E-state index < -0.39 is 0 Å². The first kappa shape index (κ1) is 9.62. The fourth-order valence-corrected chi connectivity index (χ4v) is 1.21. The molecular formula is C10H13N3. The molecule has 0 fully saturated rings. The van der Waals surface area contributed by atoms with Crippen LogP contribution in [0.25, 0.3) is 10.4 Å². The monoisotopic (exact) mass is 175 g/mol. The van der Waals surface area contributed by atoms with Crippen LogP contribution >= 0.6 is 0 Å². The molecular weight excluding hydrogens is 162 g/mol. The van der Waals surface area contributed by atoms with E-state index in [-0.39, 0.29) is 0 Å². The zero-order valence-electron chi connectivity index (χ0n) is 7.77. The fraction of sp³-hybridized carbons (Fsp3) is 0.400. The normalized spacial score (nSPS) is 9.31. The Labute approximate surface area is 78.0 Å². The summed E-state index contributed by atoms with van der Waals surface area (Å²) >= 11 is 0. The van der Waals surface area contributed by atoms with E-state index in [1.54, 1.807) is 0 Å². The zero-order valence-corrected chi connectivity index (χ0v) is 7.77. The molecule has 68 valence electrons. The first-order chi connectivity index (χ1) is 6.36. The van der Waals surface area contributed by atoms with Gasteiger partial charge in [0.15, 0.2) is 0 Å². The van der Waals surface area contributed by atoms with Crippen molar-refractivity contribution in [1.82, 2.24) is 0 Å². The van der Waals surface area contributed by atoms with E-state index in [4.69, 9.17) is 5.53 Å². The summed E-state index contributed by atoms with van der Waals surface area (Å²) in [4.78, 5) is 2.71. The highest BCUT2D eigenvalue weighted by atomic mass is 15.1. The summed E-state index contributed by atoms with van der Waals surface area (Å²) in [5.74, 6) is 0. The number of hydrogen-bond donors (Lipinski definition) is 0. The second kappa shape index (κ2) is 5.22. The second-order valence-electron chi connectivity index (χ2n) is 2.96. The predicted octanol–water partition coefficient (Wildman–Crippen LogP) is 3.45. The Balaban J connectivity index is 2.63. The van der Waals surface area contributed by atoms with E-state index in [0.29, 0.717) is 6.54 Å². The van der Waals surface area contributed by atoms with Crippen LogP contribution in [0, 0.1) is 0 Å². The summed E-state index contributed by atoms with van der Waals surface area (Å²) in [6.45, 7) is 2.61. The van der Waals surface area contributed by atoms with Crippen molar-refractivity contribution in [3.8, 4) is 0 Å². The Bertz CT molecular complexity index is 296. The molecule has 0 radical (unpaired) electrons. The van der Waals surface area contributed by atoms with Crippen LogP contribution in [-0.2, 0) is 13.0 Å². The van der Waals surface area contributed by atoms with Gasteiger partial charge in [-0.25, -0.2) is 0 Å². The van der Waals surface area contributed by atoms with Crippen LogP contribution < -0.4 is 0 Å². The molecule has 13 heavy (non-hydrogen) atoms. The number of benzene rings is 1. The van der Waals surface area contributed by atoms with Gasteiger partial charge in [-0.1, -0.05) is 42.7 Å². The van der Waals surface area contributed by atoms with Crippen LogP contribution in [0.15, 0.2) is 29.4 Å². The van der Waals surface area contributed by atoms with Gasteiger partial charge in [0.05, 0.1) is 6.54 Å². The van der Waals surface area contributed by atoms with Crippen LogP contribution in [0.2, 0.25) is 0 Å². The van der Waals surface area contributed by atoms with Crippen LogP contribution in [0.3, 0.4) is 0 Å². The number of hydrogen-bond acceptors (Lipinski definition) is 1. The van der Waals surface area contributed by atoms with Crippen molar-refractivity contribution in [3.63, 3.8) is 0 Å². The smallest absolute Gasteiger partial charge is 0.0510 e. The molecule has 1 aromatic rings. The summed E-state index contributed by atoms with van der Waals surface area (Å²) < 4.78 is 0. The summed E-state index contributed by atoms with van der Waals surface area (Å²) in [6.07, 6.45) is 2.28. The van der Waals surface area contributed by atoms with Gasteiger partial charge in [0, 0.05) is 4.91 Å². The molecule has 0 spiro atoms. The van der Waals surface area contributed by atoms with E-state index in [0.717, 1.165) is 18.4 Å². The lowest BCUT2D eigenvalue weighted by Crippen LogP contribution is -1.84.